The summed E-state index contributed by atoms with van der Waals surface area (Å²) in [6.07, 6.45) is 0. The Labute approximate surface area is 115 Å². The van der Waals surface area contributed by atoms with E-state index < -0.39 is 0 Å². The molecule has 106 valence electrons. The Morgan fingerprint density at radius 1 is 1.16 bits per heavy atom. The van der Waals surface area contributed by atoms with Crippen molar-refractivity contribution in [1.29, 1.82) is 0 Å². The number of methoxy groups -OCH3 is 2. The number of hydrogen-bond donors (Lipinski definition) is 2. The van der Waals surface area contributed by atoms with E-state index in [1.807, 2.05) is 12.1 Å². The Kier molecular flexibility index (Phi) is 4.66. The lowest BCUT2D eigenvalue weighted by Gasteiger charge is -2.31. The van der Waals surface area contributed by atoms with Gasteiger partial charge in [-0.05, 0) is 26.0 Å². The Bertz CT molecular complexity index is 430. The normalized spacial score (nSPS) is 18.3. The van der Waals surface area contributed by atoms with Crippen molar-refractivity contribution < 1.29 is 19.7 Å². The molecule has 1 aromatic rings. The van der Waals surface area contributed by atoms with Gasteiger partial charge in [0.1, 0.15) is 24.6 Å². The highest BCUT2D eigenvalue weighted by Gasteiger charge is 2.34. The molecule has 1 heterocycles. The lowest BCUT2D eigenvalue weighted by Crippen LogP contribution is -3.14. The van der Waals surface area contributed by atoms with E-state index in [0.717, 1.165) is 37.7 Å². The quantitative estimate of drug-likeness (QED) is 0.771. The van der Waals surface area contributed by atoms with Gasteiger partial charge in [-0.15, -0.1) is 0 Å². The first-order chi connectivity index (χ1) is 9.26. The zero-order chi connectivity index (χ0) is 13.8. The fraction of sp³-hybridized carbons (Fsp3) is 0.600. The van der Waals surface area contributed by atoms with Gasteiger partial charge in [0.15, 0.2) is 6.04 Å². The van der Waals surface area contributed by atoms with Gasteiger partial charge in [0.05, 0.1) is 38.4 Å². The molecule has 0 fully saturated rings. The summed E-state index contributed by atoms with van der Waals surface area (Å²) in [5.41, 5.74) is 2.65. The van der Waals surface area contributed by atoms with Crippen molar-refractivity contribution in [3.8, 4) is 11.5 Å². The van der Waals surface area contributed by atoms with Crippen LogP contribution >= 0.6 is 0 Å². The minimum Gasteiger partial charge on any atom is -0.496 e. The van der Waals surface area contributed by atoms with Crippen molar-refractivity contribution in [1.82, 2.24) is 0 Å². The molecule has 1 aliphatic heterocycles. The fourth-order valence-electron chi connectivity index (χ4n) is 3.21. The van der Waals surface area contributed by atoms with Crippen molar-refractivity contribution in [3.05, 3.63) is 23.3 Å². The van der Waals surface area contributed by atoms with E-state index in [2.05, 4.69) is 19.2 Å². The van der Waals surface area contributed by atoms with Crippen LogP contribution in [0.15, 0.2) is 12.1 Å². The number of quaternary nitrogens is 2. The first-order valence-corrected chi connectivity index (χ1v) is 7.16. The van der Waals surface area contributed by atoms with Gasteiger partial charge >= 0.3 is 0 Å². The molecule has 0 saturated carbocycles. The van der Waals surface area contributed by atoms with E-state index in [-0.39, 0.29) is 0 Å². The van der Waals surface area contributed by atoms with Crippen molar-refractivity contribution in [3.63, 3.8) is 0 Å². The molecule has 4 heteroatoms. The molecule has 2 rings (SSSR count). The van der Waals surface area contributed by atoms with E-state index in [1.165, 1.54) is 11.1 Å². The number of benzene rings is 1. The van der Waals surface area contributed by atoms with Crippen molar-refractivity contribution in [2.75, 3.05) is 33.9 Å². The van der Waals surface area contributed by atoms with Crippen molar-refractivity contribution >= 4 is 0 Å². The maximum absolute atomic E-state index is 5.60. The first-order valence-electron chi connectivity index (χ1n) is 7.16. The molecule has 0 unspecified atom stereocenters. The topological polar surface area (TPSA) is 39.5 Å². The molecule has 0 spiro atoms. The highest BCUT2D eigenvalue weighted by atomic mass is 16.5. The Balaban J connectivity index is 2.51. The molecule has 1 aromatic carbocycles. The summed E-state index contributed by atoms with van der Waals surface area (Å²) < 4.78 is 11.1. The molecule has 0 saturated heterocycles. The van der Waals surface area contributed by atoms with Gasteiger partial charge in [-0.25, -0.2) is 0 Å². The van der Waals surface area contributed by atoms with Crippen molar-refractivity contribution in [2.24, 2.45) is 0 Å². The number of fused-ring (bicyclic) bond motifs is 1. The van der Waals surface area contributed by atoms with Crippen LogP contribution in [0.25, 0.3) is 0 Å². The first kappa shape index (κ1) is 14.2. The molecule has 4 nitrogen and oxygen atoms in total. The van der Waals surface area contributed by atoms with Crippen LogP contribution in [0.1, 0.15) is 31.0 Å². The van der Waals surface area contributed by atoms with E-state index in [0.29, 0.717) is 6.04 Å². The Morgan fingerprint density at radius 3 is 2.37 bits per heavy atom. The predicted molar refractivity (Wildman–Crippen MR) is 74.8 cm³/mol. The molecule has 1 aliphatic rings. The van der Waals surface area contributed by atoms with Crippen LogP contribution in [-0.4, -0.2) is 33.9 Å². The van der Waals surface area contributed by atoms with Crippen LogP contribution in [0.2, 0.25) is 0 Å². The average Bonchev–Trinajstić information content (AvgIpc) is 2.47. The molecule has 3 N–H and O–H groups in total. The van der Waals surface area contributed by atoms with Gasteiger partial charge in [-0.2, -0.15) is 0 Å². The van der Waals surface area contributed by atoms with Crippen LogP contribution in [0.4, 0.5) is 0 Å². The largest absolute Gasteiger partial charge is 0.496 e. The number of likely N-dealkylation sites (N-methyl/N-ethyl adjacent to an activating group) is 1. The fourth-order valence-corrected chi connectivity index (χ4v) is 3.21. The van der Waals surface area contributed by atoms with Gasteiger partial charge in [-0.1, -0.05) is 0 Å². The predicted octanol–water partition coefficient (Wildman–Crippen LogP) is -0.253. The van der Waals surface area contributed by atoms with Gasteiger partial charge < -0.3 is 19.7 Å². The van der Waals surface area contributed by atoms with Crippen molar-refractivity contribution in [2.45, 2.75) is 26.4 Å². The van der Waals surface area contributed by atoms with E-state index in [1.54, 1.807) is 19.1 Å². The molecule has 0 aromatic heterocycles. The summed E-state index contributed by atoms with van der Waals surface area (Å²) in [7, 11) is 3.50. The van der Waals surface area contributed by atoms with Crippen LogP contribution in [0.5, 0.6) is 11.5 Å². The van der Waals surface area contributed by atoms with Crippen LogP contribution in [0, 0.1) is 0 Å². The molecule has 0 amide bonds. The SMILES string of the molecule is CC[NH+](CC)[C@@H]1C[NH2+]Cc2c(OC)ccc(OC)c21. The van der Waals surface area contributed by atoms with Gasteiger partial charge in [0, 0.05) is 0 Å². The smallest absolute Gasteiger partial charge is 0.167 e. The number of nitrogens with one attached hydrogen (secondary N) is 1. The lowest BCUT2D eigenvalue weighted by molar-refractivity contribution is -0.945. The van der Waals surface area contributed by atoms with E-state index >= 15 is 0 Å². The molecular weight excluding hydrogens is 240 g/mol. The van der Waals surface area contributed by atoms with Gasteiger partial charge in [0.25, 0.3) is 0 Å². The van der Waals surface area contributed by atoms with Crippen LogP contribution < -0.4 is 19.7 Å². The molecule has 0 aliphatic carbocycles. The number of rotatable bonds is 5. The lowest BCUT2D eigenvalue weighted by atomic mass is 9.93. The van der Waals surface area contributed by atoms with Crippen LogP contribution in [-0.2, 0) is 6.54 Å². The molecular formula is C15H26N2O2+2. The Morgan fingerprint density at radius 2 is 1.79 bits per heavy atom. The van der Waals surface area contributed by atoms with E-state index in [4.69, 9.17) is 9.47 Å². The minimum absolute atomic E-state index is 0.490. The summed E-state index contributed by atoms with van der Waals surface area (Å²) in [5.74, 6) is 2.00. The second kappa shape index (κ2) is 6.26. The highest BCUT2D eigenvalue weighted by molar-refractivity contribution is 5.50. The second-order valence-corrected chi connectivity index (χ2v) is 5.01. The maximum atomic E-state index is 5.60. The average molecular weight is 266 g/mol. The summed E-state index contributed by atoms with van der Waals surface area (Å²) in [5, 5.41) is 2.38. The monoisotopic (exact) mass is 266 g/mol. The molecule has 1 atom stereocenters. The zero-order valence-corrected chi connectivity index (χ0v) is 12.5. The molecule has 0 bridgehead atoms. The van der Waals surface area contributed by atoms with Gasteiger partial charge in [-0.3, -0.25) is 0 Å². The third kappa shape index (κ3) is 2.55. The minimum atomic E-state index is 0.490. The Hall–Kier alpha value is -1.26. The molecule has 19 heavy (non-hydrogen) atoms. The molecule has 0 radical (unpaired) electrons. The third-order valence-corrected chi connectivity index (χ3v) is 4.21. The summed E-state index contributed by atoms with van der Waals surface area (Å²) in [4.78, 5) is 1.60. The number of nitrogens with two attached hydrogens (primary N) is 1. The second-order valence-electron chi connectivity index (χ2n) is 5.01. The van der Waals surface area contributed by atoms with Crippen LogP contribution in [0.3, 0.4) is 0 Å². The van der Waals surface area contributed by atoms with Gasteiger partial charge in [0.2, 0.25) is 0 Å². The summed E-state index contributed by atoms with van der Waals surface area (Å²) >= 11 is 0. The third-order valence-electron chi connectivity index (χ3n) is 4.21. The summed E-state index contributed by atoms with van der Waals surface area (Å²) in [6, 6.07) is 4.55. The summed E-state index contributed by atoms with van der Waals surface area (Å²) in [6.45, 7) is 8.86. The zero-order valence-electron chi connectivity index (χ0n) is 12.5. The highest BCUT2D eigenvalue weighted by Crippen LogP contribution is 2.34. The number of ether oxygens (including phenoxy) is 2. The maximum Gasteiger partial charge on any atom is 0.167 e. The van der Waals surface area contributed by atoms with E-state index in [9.17, 15) is 0 Å². The number of hydrogen-bond acceptors (Lipinski definition) is 2. The standard InChI is InChI=1S/C15H24N2O2/c1-5-17(6-2)12-10-16-9-11-13(18-3)7-8-14(19-4)15(11)12/h7-8,12,16H,5-6,9-10H2,1-4H3/p+2/t12-/m1/s1.